The van der Waals surface area contributed by atoms with Crippen molar-refractivity contribution in [3.05, 3.63) is 42.5 Å². The molecule has 3 rings (SSSR count). The molecule has 84 valence electrons. The smallest absolute Gasteiger partial charge is 0.453 e. The molecule has 0 radical (unpaired) electrons. The number of hydrogen-bond donors (Lipinski definition) is 3. The Morgan fingerprint density at radius 2 is 1.71 bits per heavy atom. The largest absolute Gasteiger partial charge is 0.492 e. The van der Waals surface area contributed by atoms with Crippen LogP contribution in [-0.4, -0.2) is 17.2 Å². The molecule has 2 aromatic rings. The average molecular weight is 227 g/mol. The van der Waals surface area contributed by atoms with Gasteiger partial charge in [0, 0.05) is 5.46 Å². The second kappa shape index (κ2) is 3.80. The molecule has 17 heavy (non-hydrogen) atoms. The van der Waals surface area contributed by atoms with Gasteiger partial charge in [-0.05, 0) is 18.2 Å². The molecule has 0 saturated carbocycles. The first-order chi connectivity index (χ1) is 8.25. The number of anilines is 2. The van der Waals surface area contributed by atoms with Crippen LogP contribution >= 0.6 is 0 Å². The highest BCUT2D eigenvalue weighted by Gasteiger charge is 2.24. The fourth-order valence-electron chi connectivity index (χ4n) is 1.88. The van der Waals surface area contributed by atoms with Crippen molar-refractivity contribution in [1.29, 1.82) is 0 Å². The third-order valence-electron chi connectivity index (χ3n) is 2.69. The third-order valence-corrected chi connectivity index (χ3v) is 2.69. The summed E-state index contributed by atoms with van der Waals surface area (Å²) in [4.78, 5) is 0. The van der Waals surface area contributed by atoms with Crippen molar-refractivity contribution in [3.8, 4) is 11.5 Å². The topological polar surface area (TPSA) is 61.7 Å². The molecule has 4 nitrogen and oxygen atoms in total. The molecule has 0 atom stereocenters. The predicted molar refractivity (Wildman–Crippen MR) is 66.1 cm³/mol. The summed E-state index contributed by atoms with van der Waals surface area (Å²) < 4.78 is 5.69. The zero-order chi connectivity index (χ0) is 11.8. The Labute approximate surface area is 98.6 Å². The van der Waals surface area contributed by atoms with Crippen LogP contribution in [0, 0.1) is 0 Å². The van der Waals surface area contributed by atoms with Crippen molar-refractivity contribution in [2.45, 2.75) is 0 Å². The van der Waals surface area contributed by atoms with Gasteiger partial charge in [-0.15, -0.1) is 0 Å². The SMILES string of the molecule is OB(O)c1cccc2c1Oc1ccccc1N2. The van der Waals surface area contributed by atoms with Crippen LogP contribution in [0.1, 0.15) is 0 Å². The molecular weight excluding hydrogens is 217 g/mol. The Morgan fingerprint density at radius 3 is 2.53 bits per heavy atom. The van der Waals surface area contributed by atoms with Crippen LogP contribution in [-0.2, 0) is 0 Å². The summed E-state index contributed by atoms with van der Waals surface area (Å²) in [6.45, 7) is 0. The van der Waals surface area contributed by atoms with Gasteiger partial charge in [0.25, 0.3) is 0 Å². The van der Waals surface area contributed by atoms with E-state index in [1.165, 1.54) is 0 Å². The summed E-state index contributed by atoms with van der Waals surface area (Å²) in [7, 11) is -1.54. The minimum absolute atomic E-state index is 0.351. The van der Waals surface area contributed by atoms with Crippen molar-refractivity contribution in [1.82, 2.24) is 0 Å². The summed E-state index contributed by atoms with van der Waals surface area (Å²) in [5, 5.41) is 21.7. The zero-order valence-corrected chi connectivity index (χ0v) is 8.92. The van der Waals surface area contributed by atoms with Gasteiger partial charge in [-0.25, -0.2) is 0 Å². The Hall–Kier alpha value is -1.98. The number of nitrogens with one attached hydrogen (secondary N) is 1. The van der Waals surface area contributed by atoms with Crippen LogP contribution in [0.4, 0.5) is 11.4 Å². The van der Waals surface area contributed by atoms with Gasteiger partial charge in [0.2, 0.25) is 0 Å². The maximum atomic E-state index is 9.28. The van der Waals surface area contributed by atoms with Crippen LogP contribution in [0.3, 0.4) is 0 Å². The van der Waals surface area contributed by atoms with Crippen LogP contribution in [0.25, 0.3) is 0 Å². The summed E-state index contributed by atoms with van der Waals surface area (Å²) in [6.07, 6.45) is 0. The molecule has 0 bridgehead atoms. The average Bonchev–Trinajstić information content (AvgIpc) is 2.35. The van der Waals surface area contributed by atoms with Crippen LogP contribution in [0.15, 0.2) is 42.5 Å². The lowest BCUT2D eigenvalue weighted by Gasteiger charge is -2.23. The number of ether oxygens (including phenoxy) is 1. The monoisotopic (exact) mass is 227 g/mol. The molecule has 1 aliphatic rings. The predicted octanol–water partition coefficient (Wildman–Crippen LogP) is 1.22. The van der Waals surface area contributed by atoms with E-state index in [4.69, 9.17) is 4.74 Å². The number of fused-ring (bicyclic) bond motifs is 2. The molecule has 5 heteroatoms. The van der Waals surface area contributed by atoms with Crippen LogP contribution in [0.2, 0.25) is 0 Å². The van der Waals surface area contributed by atoms with Crippen LogP contribution in [0.5, 0.6) is 11.5 Å². The first-order valence-corrected chi connectivity index (χ1v) is 5.28. The molecule has 0 aliphatic carbocycles. The van der Waals surface area contributed by atoms with Gasteiger partial charge in [0.15, 0.2) is 11.5 Å². The lowest BCUT2D eigenvalue weighted by atomic mass is 9.79. The molecule has 2 aromatic carbocycles. The highest BCUT2D eigenvalue weighted by molar-refractivity contribution is 6.60. The molecule has 0 aromatic heterocycles. The maximum absolute atomic E-state index is 9.28. The van der Waals surface area contributed by atoms with E-state index in [0.717, 1.165) is 11.4 Å². The van der Waals surface area contributed by atoms with Gasteiger partial charge in [0.05, 0.1) is 11.4 Å². The van der Waals surface area contributed by atoms with E-state index in [-0.39, 0.29) is 0 Å². The van der Waals surface area contributed by atoms with Crippen LogP contribution < -0.4 is 15.5 Å². The first-order valence-electron chi connectivity index (χ1n) is 5.28. The van der Waals surface area contributed by atoms with Gasteiger partial charge in [-0.1, -0.05) is 24.3 Å². The lowest BCUT2D eigenvalue weighted by Crippen LogP contribution is -2.32. The first kappa shape index (κ1) is 10.2. The molecule has 1 aliphatic heterocycles. The zero-order valence-electron chi connectivity index (χ0n) is 8.92. The van der Waals surface area contributed by atoms with Gasteiger partial charge in [-0.2, -0.15) is 0 Å². The van der Waals surface area contributed by atoms with Gasteiger partial charge in [0.1, 0.15) is 0 Å². The van der Waals surface area contributed by atoms with Crippen molar-refractivity contribution < 1.29 is 14.8 Å². The molecular formula is C12H10BNO3. The van der Waals surface area contributed by atoms with E-state index in [2.05, 4.69) is 5.32 Å². The summed E-state index contributed by atoms with van der Waals surface area (Å²) in [5.74, 6) is 1.13. The third kappa shape index (κ3) is 1.65. The highest BCUT2D eigenvalue weighted by Crippen LogP contribution is 2.40. The van der Waals surface area contributed by atoms with E-state index in [1.807, 2.05) is 30.3 Å². The van der Waals surface area contributed by atoms with Gasteiger partial charge >= 0.3 is 7.12 Å². The molecule has 0 amide bonds. The molecule has 3 N–H and O–H groups in total. The fraction of sp³-hybridized carbons (Fsp3) is 0. The van der Waals surface area contributed by atoms with E-state index in [0.29, 0.717) is 17.0 Å². The number of rotatable bonds is 1. The van der Waals surface area contributed by atoms with Gasteiger partial charge in [-0.3, -0.25) is 0 Å². The quantitative estimate of drug-likeness (QED) is 0.547. The second-order valence-corrected chi connectivity index (χ2v) is 3.82. The number of hydrogen-bond acceptors (Lipinski definition) is 4. The lowest BCUT2D eigenvalue weighted by molar-refractivity contribution is 0.420. The number of benzene rings is 2. The summed E-state index contributed by atoms with van der Waals surface area (Å²) in [6, 6.07) is 12.7. The van der Waals surface area contributed by atoms with Crippen molar-refractivity contribution in [2.24, 2.45) is 0 Å². The summed E-state index contributed by atoms with van der Waals surface area (Å²) >= 11 is 0. The Morgan fingerprint density at radius 1 is 0.941 bits per heavy atom. The molecule has 1 heterocycles. The van der Waals surface area contributed by atoms with E-state index >= 15 is 0 Å². The minimum Gasteiger partial charge on any atom is -0.453 e. The molecule has 0 saturated heterocycles. The Kier molecular flexibility index (Phi) is 2.28. The molecule has 0 unspecified atom stereocenters. The summed E-state index contributed by atoms with van der Waals surface area (Å²) in [5.41, 5.74) is 1.95. The highest BCUT2D eigenvalue weighted by atomic mass is 16.5. The standard InChI is InChI=1S/C12H10BNO3/c15-13(16)8-4-3-6-10-12(8)17-11-7-2-1-5-9(11)14-10/h1-7,14-16H. The molecule has 0 fully saturated rings. The van der Waals surface area contributed by atoms with Crippen molar-refractivity contribution in [2.75, 3.05) is 5.32 Å². The normalized spacial score (nSPS) is 11.9. The molecule has 0 spiro atoms. The Balaban J connectivity index is 2.12. The van der Waals surface area contributed by atoms with E-state index in [1.54, 1.807) is 12.1 Å². The van der Waals surface area contributed by atoms with Crippen molar-refractivity contribution >= 4 is 24.0 Å². The Bertz CT molecular complexity index is 571. The van der Waals surface area contributed by atoms with Gasteiger partial charge < -0.3 is 20.1 Å². The number of para-hydroxylation sites is 3. The van der Waals surface area contributed by atoms with E-state index in [9.17, 15) is 10.0 Å². The van der Waals surface area contributed by atoms with E-state index < -0.39 is 7.12 Å². The fourth-order valence-corrected chi connectivity index (χ4v) is 1.88. The van der Waals surface area contributed by atoms with Crippen molar-refractivity contribution in [3.63, 3.8) is 0 Å². The minimum atomic E-state index is -1.54. The maximum Gasteiger partial charge on any atom is 0.492 e. The second-order valence-electron chi connectivity index (χ2n) is 3.82.